The third-order valence-electron chi connectivity index (χ3n) is 3.36. The molecule has 0 aliphatic carbocycles. The van der Waals surface area contributed by atoms with Crippen LogP contribution in [0.4, 0.5) is 0 Å². The van der Waals surface area contributed by atoms with Gasteiger partial charge in [0.25, 0.3) is 0 Å². The van der Waals surface area contributed by atoms with E-state index >= 15 is 0 Å². The molecule has 0 radical (unpaired) electrons. The maximum Gasteiger partial charge on any atom is 0.128 e. The molecule has 3 nitrogen and oxygen atoms in total. The fourth-order valence-electron chi connectivity index (χ4n) is 2.38. The van der Waals surface area contributed by atoms with Crippen LogP contribution in [0.5, 0.6) is 0 Å². The third-order valence-corrected chi connectivity index (χ3v) is 3.36. The second kappa shape index (κ2) is 5.81. The average molecular weight is 230 g/mol. The minimum atomic E-state index is -0.709. The van der Waals surface area contributed by atoms with Crippen molar-refractivity contribution < 1.29 is 5.11 Å². The standard InChI is InChI=1S/C14H18N2O/c15-11-13(16-9-5-2-6-10-16)14(17)12-7-3-1-4-8-12/h1,3-4,7-8,13-14,17H,2,5-6,9-10H2/t13-,14+/m1/s1. The molecule has 1 saturated heterocycles. The first-order valence-corrected chi connectivity index (χ1v) is 6.19. The summed E-state index contributed by atoms with van der Waals surface area (Å²) in [5, 5.41) is 19.5. The van der Waals surface area contributed by atoms with E-state index in [1.54, 1.807) is 0 Å². The van der Waals surface area contributed by atoms with Crippen LogP contribution in [0.15, 0.2) is 30.3 Å². The molecule has 0 unspecified atom stereocenters. The van der Waals surface area contributed by atoms with Crippen molar-refractivity contribution in [3.05, 3.63) is 35.9 Å². The number of hydrogen-bond donors (Lipinski definition) is 1. The Kier molecular flexibility index (Phi) is 4.13. The number of nitriles is 1. The molecule has 1 fully saturated rings. The monoisotopic (exact) mass is 230 g/mol. The predicted octanol–water partition coefficient (Wildman–Crippen LogP) is 2.10. The molecule has 1 N–H and O–H groups in total. The number of nitrogens with zero attached hydrogens (tertiary/aromatic N) is 2. The molecular weight excluding hydrogens is 212 g/mol. The van der Waals surface area contributed by atoms with Gasteiger partial charge in [-0.05, 0) is 31.5 Å². The number of benzene rings is 1. The molecule has 1 aromatic carbocycles. The van der Waals surface area contributed by atoms with E-state index in [1.807, 2.05) is 30.3 Å². The van der Waals surface area contributed by atoms with Crippen LogP contribution in [0.3, 0.4) is 0 Å². The normalized spacial score (nSPS) is 20.5. The van der Waals surface area contributed by atoms with E-state index in [9.17, 15) is 10.4 Å². The predicted molar refractivity (Wildman–Crippen MR) is 66.2 cm³/mol. The van der Waals surface area contributed by atoms with E-state index in [0.717, 1.165) is 31.5 Å². The van der Waals surface area contributed by atoms with Crippen LogP contribution in [0.25, 0.3) is 0 Å². The van der Waals surface area contributed by atoms with Crippen LogP contribution in [-0.2, 0) is 0 Å². The van der Waals surface area contributed by atoms with Crippen molar-refractivity contribution in [1.82, 2.24) is 4.90 Å². The van der Waals surface area contributed by atoms with Gasteiger partial charge in [0.1, 0.15) is 12.1 Å². The fourth-order valence-corrected chi connectivity index (χ4v) is 2.38. The highest BCUT2D eigenvalue weighted by Crippen LogP contribution is 2.23. The van der Waals surface area contributed by atoms with Gasteiger partial charge in [-0.1, -0.05) is 36.8 Å². The fraction of sp³-hybridized carbons (Fsp3) is 0.500. The third kappa shape index (κ3) is 2.85. The van der Waals surface area contributed by atoms with Gasteiger partial charge in [-0.2, -0.15) is 5.26 Å². The van der Waals surface area contributed by atoms with Gasteiger partial charge in [-0.3, -0.25) is 4.90 Å². The largest absolute Gasteiger partial charge is 0.386 e. The van der Waals surface area contributed by atoms with Gasteiger partial charge in [0.2, 0.25) is 0 Å². The number of likely N-dealkylation sites (tertiary alicyclic amines) is 1. The van der Waals surface area contributed by atoms with Gasteiger partial charge in [-0.25, -0.2) is 0 Å². The topological polar surface area (TPSA) is 47.3 Å². The molecule has 0 aromatic heterocycles. The van der Waals surface area contributed by atoms with Crippen LogP contribution in [0.2, 0.25) is 0 Å². The van der Waals surface area contributed by atoms with Gasteiger partial charge < -0.3 is 5.11 Å². The Morgan fingerprint density at radius 2 is 1.76 bits per heavy atom. The van der Waals surface area contributed by atoms with Crippen molar-refractivity contribution in [3.63, 3.8) is 0 Å². The molecule has 90 valence electrons. The SMILES string of the molecule is N#C[C@H]([C@@H](O)c1ccccc1)N1CCCCC1. The molecule has 1 aliphatic rings. The second-order valence-corrected chi connectivity index (χ2v) is 4.53. The van der Waals surface area contributed by atoms with Gasteiger partial charge in [0.15, 0.2) is 0 Å². The number of aliphatic hydroxyl groups excluding tert-OH is 1. The summed E-state index contributed by atoms with van der Waals surface area (Å²) in [6, 6.07) is 11.3. The van der Waals surface area contributed by atoms with Crippen molar-refractivity contribution in [1.29, 1.82) is 5.26 Å². The van der Waals surface area contributed by atoms with E-state index in [4.69, 9.17) is 0 Å². The number of piperidine rings is 1. The van der Waals surface area contributed by atoms with Crippen LogP contribution >= 0.6 is 0 Å². The highest BCUT2D eigenvalue weighted by molar-refractivity contribution is 5.21. The molecule has 2 rings (SSSR count). The maximum absolute atomic E-state index is 10.3. The minimum absolute atomic E-state index is 0.419. The molecule has 3 heteroatoms. The molecule has 1 aliphatic heterocycles. The van der Waals surface area contributed by atoms with Crippen LogP contribution in [-0.4, -0.2) is 29.1 Å². The first kappa shape index (κ1) is 12.1. The van der Waals surface area contributed by atoms with Crippen molar-refractivity contribution >= 4 is 0 Å². The highest BCUT2D eigenvalue weighted by atomic mass is 16.3. The molecule has 0 spiro atoms. The molecule has 1 heterocycles. The molecule has 0 bridgehead atoms. The second-order valence-electron chi connectivity index (χ2n) is 4.53. The van der Waals surface area contributed by atoms with Crippen molar-refractivity contribution in [2.75, 3.05) is 13.1 Å². The van der Waals surface area contributed by atoms with E-state index in [1.165, 1.54) is 6.42 Å². The molecule has 2 atom stereocenters. The summed E-state index contributed by atoms with van der Waals surface area (Å²) in [5.74, 6) is 0. The highest BCUT2D eigenvalue weighted by Gasteiger charge is 2.27. The first-order chi connectivity index (χ1) is 8.33. The zero-order valence-corrected chi connectivity index (χ0v) is 9.92. The molecule has 0 amide bonds. The summed E-state index contributed by atoms with van der Waals surface area (Å²) in [6.07, 6.45) is 2.77. The van der Waals surface area contributed by atoms with Crippen LogP contribution in [0, 0.1) is 11.3 Å². The lowest BCUT2D eigenvalue weighted by Crippen LogP contribution is -2.41. The van der Waals surface area contributed by atoms with E-state index in [-0.39, 0.29) is 0 Å². The summed E-state index contributed by atoms with van der Waals surface area (Å²) in [7, 11) is 0. The number of rotatable bonds is 3. The maximum atomic E-state index is 10.3. The quantitative estimate of drug-likeness (QED) is 0.865. The lowest BCUT2D eigenvalue weighted by Gasteiger charge is -2.33. The smallest absolute Gasteiger partial charge is 0.128 e. The Bertz CT molecular complexity index is 379. The Morgan fingerprint density at radius 1 is 1.12 bits per heavy atom. The van der Waals surface area contributed by atoms with Crippen LogP contribution in [0.1, 0.15) is 30.9 Å². The number of aliphatic hydroxyl groups is 1. The zero-order chi connectivity index (χ0) is 12.1. The minimum Gasteiger partial charge on any atom is -0.386 e. The Balaban J connectivity index is 2.10. The van der Waals surface area contributed by atoms with Gasteiger partial charge >= 0.3 is 0 Å². The Hall–Kier alpha value is -1.37. The molecular formula is C14H18N2O. The summed E-state index contributed by atoms with van der Waals surface area (Å²) < 4.78 is 0. The molecule has 1 aromatic rings. The van der Waals surface area contributed by atoms with Gasteiger partial charge in [0.05, 0.1) is 6.07 Å². The van der Waals surface area contributed by atoms with Crippen LogP contribution < -0.4 is 0 Å². The summed E-state index contributed by atoms with van der Waals surface area (Å²) in [6.45, 7) is 1.84. The Morgan fingerprint density at radius 3 is 2.35 bits per heavy atom. The number of hydrogen-bond acceptors (Lipinski definition) is 3. The van der Waals surface area contributed by atoms with Crippen molar-refractivity contribution in [2.45, 2.75) is 31.4 Å². The lowest BCUT2D eigenvalue weighted by molar-refractivity contribution is 0.0657. The van der Waals surface area contributed by atoms with E-state index < -0.39 is 12.1 Å². The lowest BCUT2D eigenvalue weighted by atomic mass is 9.99. The van der Waals surface area contributed by atoms with Crippen molar-refractivity contribution in [3.8, 4) is 6.07 Å². The summed E-state index contributed by atoms with van der Waals surface area (Å²) >= 11 is 0. The van der Waals surface area contributed by atoms with Gasteiger partial charge in [-0.15, -0.1) is 0 Å². The Labute approximate surface area is 102 Å². The van der Waals surface area contributed by atoms with E-state index in [2.05, 4.69) is 11.0 Å². The molecule has 0 saturated carbocycles. The first-order valence-electron chi connectivity index (χ1n) is 6.19. The zero-order valence-electron chi connectivity index (χ0n) is 9.92. The van der Waals surface area contributed by atoms with E-state index in [0.29, 0.717) is 0 Å². The average Bonchev–Trinajstić information content (AvgIpc) is 2.42. The molecule has 17 heavy (non-hydrogen) atoms. The van der Waals surface area contributed by atoms with Crippen molar-refractivity contribution in [2.24, 2.45) is 0 Å². The summed E-state index contributed by atoms with van der Waals surface area (Å²) in [4.78, 5) is 2.10. The van der Waals surface area contributed by atoms with Gasteiger partial charge in [0, 0.05) is 0 Å². The summed E-state index contributed by atoms with van der Waals surface area (Å²) in [5.41, 5.74) is 0.824.